The summed E-state index contributed by atoms with van der Waals surface area (Å²) in [6.07, 6.45) is 6.45. The van der Waals surface area contributed by atoms with E-state index in [1.165, 1.54) is 44.2 Å². The van der Waals surface area contributed by atoms with Gasteiger partial charge < -0.3 is 5.32 Å². The minimum atomic E-state index is 0.628. The SMILES string of the molecule is c1ccc(CN2CCCCC2CNC2Cc3ccccc3C2)cc1. The summed E-state index contributed by atoms with van der Waals surface area (Å²) in [6, 6.07) is 21.2. The van der Waals surface area contributed by atoms with Crippen molar-refractivity contribution in [3.05, 3.63) is 71.3 Å². The van der Waals surface area contributed by atoms with Gasteiger partial charge in [0.1, 0.15) is 0 Å². The molecule has 2 aromatic rings. The lowest BCUT2D eigenvalue weighted by atomic mass is 10.0. The topological polar surface area (TPSA) is 15.3 Å². The Balaban J connectivity index is 1.33. The standard InChI is InChI=1S/C22H28N2/c1-2-8-18(9-3-1)17-24-13-7-6-12-22(24)16-23-21-14-19-10-4-5-11-20(19)15-21/h1-5,8-11,21-23H,6-7,12-17H2. The first kappa shape index (κ1) is 15.9. The largest absolute Gasteiger partial charge is 0.312 e. The molecule has 0 saturated carbocycles. The third-order valence-electron chi connectivity index (χ3n) is 5.67. The van der Waals surface area contributed by atoms with Crippen molar-refractivity contribution in [1.82, 2.24) is 10.2 Å². The number of nitrogens with zero attached hydrogens (tertiary/aromatic N) is 1. The van der Waals surface area contributed by atoms with Gasteiger partial charge in [-0.1, -0.05) is 61.0 Å². The van der Waals surface area contributed by atoms with Crippen LogP contribution in [0.25, 0.3) is 0 Å². The van der Waals surface area contributed by atoms with Crippen LogP contribution in [0.5, 0.6) is 0 Å². The van der Waals surface area contributed by atoms with E-state index in [4.69, 9.17) is 0 Å². The normalized spacial score (nSPS) is 21.8. The molecule has 0 spiro atoms. The van der Waals surface area contributed by atoms with Crippen LogP contribution in [0.4, 0.5) is 0 Å². The molecule has 1 N–H and O–H groups in total. The number of benzene rings is 2. The van der Waals surface area contributed by atoms with E-state index < -0.39 is 0 Å². The second-order valence-corrected chi connectivity index (χ2v) is 7.39. The Bertz CT molecular complexity index is 627. The number of likely N-dealkylation sites (tertiary alicyclic amines) is 1. The van der Waals surface area contributed by atoms with Crippen molar-refractivity contribution in [2.24, 2.45) is 0 Å². The van der Waals surface area contributed by atoms with Crippen LogP contribution >= 0.6 is 0 Å². The van der Waals surface area contributed by atoms with Crippen LogP contribution in [0, 0.1) is 0 Å². The van der Waals surface area contributed by atoms with Gasteiger partial charge in [-0.2, -0.15) is 0 Å². The van der Waals surface area contributed by atoms with Crippen molar-refractivity contribution in [3.63, 3.8) is 0 Å². The summed E-state index contributed by atoms with van der Waals surface area (Å²) in [7, 11) is 0. The molecule has 0 bridgehead atoms. The number of nitrogens with one attached hydrogen (secondary N) is 1. The minimum absolute atomic E-state index is 0.628. The molecule has 24 heavy (non-hydrogen) atoms. The molecule has 2 aromatic carbocycles. The van der Waals surface area contributed by atoms with E-state index in [0.29, 0.717) is 12.1 Å². The summed E-state index contributed by atoms with van der Waals surface area (Å²) in [5, 5.41) is 3.87. The monoisotopic (exact) mass is 320 g/mol. The molecule has 1 saturated heterocycles. The van der Waals surface area contributed by atoms with E-state index >= 15 is 0 Å². The van der Waals surface area contributed by atoms with Crippen LogP contribution in [-0.4, -0.2) is 30.1 Å². The molecule has 0 aromatic heterocycles. The fraction of sp³-hybridized carbons (Fsp3) is 0.455. The van der Waals surface area contributed by atoms with Crippen molar-refractivity contribution < 1.29 is 0 Å². The fourth-order valence-corrected chi connectivity index (χ4v) is 4.32. The quantitative estimate of drug-likeness (QED) is 0.901. The summed E-state index contributed by atoms with van der Waals surface area (Å²) < 4.78 is 0. The summed E-state index contributed by atoms with van der Waals surface area (Å²) in [6.45, 7) is 3.47. The van der Waals surface area contributed by atoms with E-state index in [2.05, 4.69) is 64.8 Å². The molecule has 2 nitrogen and oxygen atoms in total. The van der Waals surface area contributed by atoms with E-state index in [0.717, 1.165) is 13.1 Å². The lowest BCUT2D eigenvalue weighted by molar-refractivity contribution is 0.135. The van der Waals surface area contributed by atoms with Gasteiger partial charge >= 0.3 is 0 Å². The van der Waals surface area contributed by atoms with E-state index in [1.54, 1.807) is 11.1 Å². The average Bonchev–Trinajstić information content (AvgIpc) is 3.05. The molecule has 2 heteroatoms. The van der Waals surface area contributed by atoms with Crippen LogP contribution in [-0.2, 0) is 19.4 Å². The first-order chi connectivity index (χ1) is 11.9. The van der Waals surface area contributed by atoms with Crippen LogP contribution in [0.2, 0.25) is 0 Å². The Labute approximate surface area is 145 Å². The van der Waals surface area contributed by atoms with Crippen molar-refractivity contribution in [1.29, 1.82) is 0 Å². The zero-order valence-electron chi connectivity index (χ0n) is 14.5. The van der Waals surface area contributed by atoms with Crippen molar-refractivity contribution in [2.75, 3.05) is 13.1 Å². The second-order valence-electron chi connectivity index (χ2n) is 7.39. The van der Waals surface area contributed by atoms with Gasteiger partial charge in [0, 0.05) is 25.2 Å². The average molecular weight is 320 g/mol. The van der Waals surface area contributed by atoms with Gasteiger partial charge in [-0.05, 0) is 48.9 Å². The molecule has 1 aliphatic carbocycles. The Hall–Kier alpha value is -1.64. The molecule has 0 radical (unpaired) electrons. The van der Waals surface area contributed by atoms with Crippen molar-refractivity contribution >= 4 is 0 Å². The number of fused-ring (bicyclic) bond motifs is 1. The molecule has 1 heterocycles. The maximum absolute atomic E-state index is 3.87. The van der Waals surface area contributed by atoms with Gasteiger partial charge in [0.2, 0.25) is 0 Å². The third-order valence-corrected chi connectivity index (χ3v) is 5.67. The summed E-state index contributed by atoms with van der Waals surface area (Å²) in [5.41, 5.74) is 4.53. The van der Waals surface area contributed by atoms with E-state index in [1.807, 2.05) is 0 Å². The Morgan fingerprint density at radius 1 is 0.875 bits per heavy atom. The zero-order chi connectivity index (χ0) is 16.2. The van der Waals surface area contributed by atoms with Crippen LogP contribution < -0.4 is 5.32 Å². The number of hydrogen-bond donors (Lipinski definition) is 1. The summed E-state index contributed by atoms with van der Waals surface area (Å²) >= 11 is 0. The highest BCUT2D eigenvalue weighted by atomic mass is 15.2. The first-order valence-corrected chi connectivity index (χ1v) is 9.46. The highest BCUT2D eigenvalue weighted by molar-refractivity contribution is 5.33. The van der Waals surface area contributed by atoms with Gasteiger partial charge in [-0.15, -0.1) is 0 Å². The van der Waals surface area contributed by atoms with Crippen LogP contribution in [0.1, 0.15) is 36.0 Å². The highest BCUT2D eigenvalue weighted by Gasteiger charge is 2.25. The molecule has 0 amide bonds. The van der Waals surface area contributed by atoms with Crippen LogP contribution in [0.3, 0.4) is 0 Å². The smallest absolute Gasteiger partial charge is 0.0237 e. The third kappa shape index (κ3) is 3.71. The molecule has 126 valence electrons. The number of rotatable bonds is 5. The Morgan fingerprint density at radius 2 is 1.58 bits per heavy atom. The lowest BCUT2D eigenvalue weighted by Crippen LogP contribution is -2.47. The van der Waals surface area contributed by atoms with Crippen molar-refractivity contribution in [3.8, 4) is 0 Å². The Kier molecular flexibility index (Phi) is 4.96. The van der Waals surface area contributed by atoms with E-state index in [-0.39, 0.29) is 0 Å². The highest BCUT2D eigenvalue weighted by Crippen LogP contribution is 2.23. The predicted octanol–water partition coefficient (Wildman–Crippen LogP) is 3.80. The zero-order valence-corrected chi connectivity index (χ0v) is 14.5. The first-order valence-electron chi connectivity index (χ1n) is 9.46. The second kappa shape index (κ2) is 7.50. The molecular formula is C22H28N2. The van der Waals surface area contributed by atoms with E-state index in [9.17, 15) is 0 Å². The predicted molar refractivity (Wildman–Crippen MR) is 100 cm³/mol. The Morgan fingerprint density at radius 3 is 2.33 bits per heavy atom. The molecular weight excluding hydrogens is 292 g/mol. The van der Waals surface area contributed by atoms with Gasteiger partial charge in [0.15, 0.2) is 0 Å². The maximum atomic E-state index is 3.87. The van der Waals surface area contributed by atoms with Gasteiger partial charge in [0.25, 0.3) is 0 Å². The molecule has 2 aliphatic rings. The minimum Gasteiger partial charge on any atom is -0.312 e. The summed E-state index contributed by atoms with van der Waals surface area (Å²) in [5.74, 6) is 0. The molecule has 1 atom stereocenters. The molecule has 4 rings (SSSR count). The van der Waals surface area contributed by atoms with Gasteiger partial charge in [-0.25, -0.2) is 0 Å². The maximum Gasteiger partial charge on any atom is 0.0237 e. The molecule has 1 unspecified atom stereocenters. The number of hydrogen-bond acceptors (Lipinski definition) is 2. The number of piperidine rings is 1. The van der Waals surface area contributed by atoms with Crippen LogP contribution in [0.15, 0.2) is 54.6 Å². The van der Waals surface area contributed by atoms with Crippen molar-refractivity contribution in [2.45, 2.75) is 50.7 Å². The molecule has 1 fully saturated rings. The molecule has 1 aliphatic heterocycles. The summed E-state index contributed by atoms with van der Waals surface area (Å²) in [4.78, 5) is 2.69. The fourth-order valence-electron chi connectivity index (χ4n) is 4.32. The van der Waals surface area contributed by atoms with Gasteiger partial charge in [0.05, 0.1) is 0 Å². The lowest BCUT2D eigenvalue weighted by Gasteiger charge is -2.36. The van der Waals surface area contributed by atoms with Gasteiger partial charge in [-0.3, -0.25) is 4.90 Å².